The van der Waals surface area contributed by atoms with Crippen molar-refractivity contribution in [2.45, 2.75) is 18.9 Å². The van der Waals surface area contributed by atoms with Gasteiger partial charge < -0.3 is 15.7 Å². The van der Waals surface area contributed by atoms with Crippen molar-refractivity contribution in [1.82, 2.24) is 9.97 Å². The first-order valence-corrected chi connectivity index (χ1v) is 6.15. The van der Waals surface area contributed by atoms with Gasteiger partial charge in [0.25, 0.3) is 0 Å². The first-order valence-electron chi connectivity index (χ1n) is 5.78. The molecule has 0 bridgehead atoms. The number of aromatic nitrogens is 2. The summed E-state index contributed by atoms with van der Waals surface area (Å²) in [6.45, 7) is 1.38. The van der Waals surface area contributed by atoms with E-state index in [9.17, 15) is 9.90 Å². The Morgan fingerprint density at radius 3 is 2.50 bits per heavy atom. The molecule has 0 aliphatic carbocycles. The Morgan fingerprint density at radius 1 is 1.44 bits per heavy atom. The van der Waals surface area contributed by atoms with E-state index in [0.29, 0.717) is 36.9 Å². The summed E-state index contributed by atoms with van der Waals surface area (Å²) in [7, 11) is 0. The molecule has 1 atom stereocenters. The van der Waals surface area contributed by atoms with E-state index in [4.69, 9.17) is 17.3 Å². The summed E-state index contributed by atoms with van der Waals surface area (Å²) >= 11 is 5.72. The number of primary amides is 1. The predicted molar refractivity (Wildman–Crippen MR) is 67.2 cm³/mol. The van der Waals surface area contributed by atoms with Crippen LogP contribution in [0, 0.1) is 5.92 Å². The van der Waals surface area contributed by atoms with Crippen LogP contribution < -0.4 is 10.6 Å². The minimum atomic E-state index is -1.06. The maximum atomic E-state index is 10.9. The van der Waals surface area contributed by atoms with Crippen molar-refractivity contribution in [3.63, 3.8) is 0 Å². The summed E-state index contributed by atoms with van der Waals surface area (Å²) in [6, 6.07) is 0. The smallest absolute Gasteiger partial charge is 0.246 e. The van der Waals surface area contributed by atoms with Gasteiger partial charge in [0, 0.05) is 13.1 Å². The number of carbonyl (C=O) groups excluding carboxylic acids is 1. The Kier molecular flexibility index (Phi) is 3.98. The van der Waals surface area contributed by atoms with Gasteiger partial charge in [0.15, 0.2) is 0 Å². The monoisotopic (exact) mass is 270 g/mol. The highest BCUT2D eigenvalue weighted by Crippen LogP contribution is 2.23. The molecule has 1 amide bonds. The topological polar surface area (TPSA) is 92.3 Å². The van der Waals surface area contributed by atoms with E-state index >= 15 is 0 Å². The summed E-state index contributed by atoms with van der Waals surface area (Å²) in [4.78, 5) is 21.2. The van der Waals surface area contributed by atoms with Crippen molar-refractivity contribution in [2.75, 3.05) is 18.0 Å². The molecule has 1 fully saturated rings. The second-order valence-electron chi connectivity index (χ2n) is 4.37. The van der Waals surface area contributed by atoms with E-state index in [1.165, 1.54) is 0 Å². The fourth-order valence-electron chi connectivity index (χ4n) is 2.12. The SMILES string of the molecule is NC(=O)[C@H](O)C1CCN(c2ncc(Cl)cn2)CC1. The summed E-state index contributed by atoms with van der Waals surface area (Å²) < 4.78 is 0. The van der Waals surface area contributed by atoms with E-state index in [1.807, 2.05) is 4.90 Å². The van der Waals surface area contributed by atoms with Crippen LogP contribution in [0.1, 0.15) is 12.8 Å². The molecular formula is C11H15ClN4O2. The Labute approximate surface area is 110 Å². The fraction of sp³-hybridized carbons (Fsp3) is 0.545. The third-order valence-electron chi connectivity index (χ3n) is 3.17. The molecule has 1 aromatic rings. The molecule has 1 aliphatic rings. The molecule has 1 aromatic heterocycles. The molecule has 2 rings (SSSR count). The van der Waals surface area contributed by atoms with Crippen LogP contribution in [0.4, 0.5) is 5.95 Å². The van der Waals surface area contributed by atoms with E-state index in [2.05, 4.69) is 9.97 Å². The van der Waals surface area contributed by atoms with Crippen LogP contribution in [-0.2, 0) is 4.79 Å². The van der Waals surface area contributed by atoms with Crippen LogP contribution in [0.5, 0.6) is 0 Å². The third-order valence-corrected chi connectivity index (χ3v) is 3.36. The molecule has 0 unspecified atom stereocenters. The third kappa shape index (κ3) is 2.88. The average Bonchev–Trinajstić information content (AvgIpc) is 2.39. The van der Waals surface area contributed by atoms with Crippen LogP contribution in [-0.4, -0.2) is 40.2 Å². The number of aliphatic hydroxyl groups excluding tert-OH is 1. The average molecular weight is 271 g/mol. The van der Waals surface area contributed by atoms with E-state index in [0.717, 1.165) is 0 Å². The lowest BCUT2D eigenvalue weighted by Gasteiger charge is -2.33. The summed E-state index contributed by atoms with van der Waals surface area (Å²) in [5.41, 5.74) is 5.09. The van der Waals surface area contributed by atoms with E-state index in [1.54, 1.807) is 12.4 Å². The zero-order valence-electron chi connectivity index (χ0n) is 9.79. The number of carbonyl (C=O) groups is 1. The molecular weight excluding hydrogens is 256 g/mol. The van der Waals surface area contributed by atoms with Crippen LogP contribution in [0.2, 0.25) is 5.02 Å². The van der Waals surface area contributed by atoms with Gasteiger partial charge in [-0.15, -0.1) is 0 Å². The highest BCUT2D eigenvalue weighted by atomic mass is 35.5. The molecule has 2 heterocycles. The molecule has 18 heavy (non-hydrogen) atoms. The minimum absolute atomic E-state index is 0.0777. The number of hydrogen-bond donors (Lipinski definition) is 2. The summed E-state index contributed by atoms with van der Waals surface area (Å²) in [5, 5.41) is 10.1. The number of aliphatic hydroxyl groups is 1. The number of piperidine rings is 1. The number of nitrogens with two attached hydrogens (primary N) is 1. The van der Waals surface area contributed by atoms with Gasteiger partial charge in [-0.3, -0.25) is 4.79 Å². The zero-order chi connectivity index (χ0) is 13.1. The number of anilines is 1. The molecule has 3 N–H and O–H groups in total. The molecule has 0 saturated carbocycles. The molecule has 6 nitrogen and oxygen atoms in total. The first-order chi connectivity index (χ1) is 8.58. The highest BCUT2D eigenvalue weighted by molar-refractivity contribution is 6.30. The maximum absolute atomic E-state index is 10.9. The predicted octanol–water partition coefficient (Wildman–Crippen LogP) is 0.193. The number of nitrogens with zero attached hydrogens (tertiary/aromatic N) is 3. The van der Waals surface area contributed by atoms with Crippen molar-refractivity contribution in [2.24, 2.45) is 11.7 Å². The fourth-order valence-corrected chi connectivity index (χ4v) is 2.21. The molecule has 0 radical (unpaired) electrons. The van der Waals surface area contributed by atoms with E-state index in [-0.39, 0.29) is 5.92 Å². The van der Waals surface area contributed by atoms with Gasteiger partial charge >= 0.3 is 0 Å². The van der Waals surface area contributed by atoms with Crippen molar-refractivity contribution in [1.29, 1.82) is 0 Å². The van der Waals surface area contributed by atoms with Crippen LogP contribution in [0.15, 0.2) is 12.4 Å². The van der Waals surface area contributed by atoms with Crippen LogP contribution in [0.3, 0.4) is 0 Å². The van der Waals surface area contributed by atoms with Gasteiger partial charge in [-0.25, -0.2) is 9.97 Å². The molecule has 7 heteroatoms. The molecule has 1 saturated heterocycles. The minimum Gasteiger partial charge on any atom is -0.383 e. The number of halogens is 1. The standard InChI is InChI=1S/C11H15ClN4O2/c12-8-5-14-11(15-6-8)16-3-1-7(2-4-16)9(17)10(13)18/h5-7,9,17H,1-4H2,(H2,13,18)/t9-/m1/s1. The zero-order valence-corrected chi connectivity index (χ0v) is 10.5. The number of hydrogen-bond acceptors (Lipinski definition) is 5. The van der Waals surface area contributed by atoms with Gasteiger partial charge in [-0.2, -0.15) is 0 Å². The molecule has 0 spiro atoms. The molecule has 1 aliphatic heterocycles. The first kappa shape index (κ1) is 13.0. The maximum Gasteiger partial charge on any atom is 0.246 e. The van der Waals surface area contributed by atoms with Crippen LogP contribution >= 0.6 is 11.6 Å². The lowest BCUT2D eigenvalue weighted by molar-refractivity contribution is -0.129. The Balaban J connectivity index is 1.94. The van der Waals surface area contributed by atoms with Gasteiger partial charge in [0.1, 0.15) is 6.10 Å². The van der Waals surface area contributed by atoms with Gasteiger partial charge in [0.05, 0.1) is 17.4 Å². The Morgan fingerprint density at radius 2 is 2.00 bits per heavy atom. The summed E-state index contributed by atoms with van der Waals surface area (Å²) in [5.74, 6) is -0.117. The molecule has 0 aromatic carbocycles. The van der Waals surface area contributed by atoms with E-state index < -0.39 is 12.0 Å². The van der Waals surface area contributed by atoms with Crippen molar-refractivity contribution in [3.8, 4) is 0 Å². The Hall–Kier alpha value is -1.40. The lowest BCUT2D eigenvalue weighted by Crippen LogP contribution is -2.43. The normalized spacial score (nSPS) is 18.7. The van der Waals surface area contributed by atoms with Gasteiger partial charge in [-0.1, -0.05) is 11.6 Å². The second-order valence-corrected chi connectivity index (χ2v) is 4.81. The van der Waals surface area contributed by atoms with Crippen molar-refractivity contribution >= 4 is 23.5 Å². The highest BCUT2D eigenvalue weighted by Gasteiger charge is 2.29. The number of amides is 1. The molecule has 98 valence electrons. The number of rotatable bonds is 3. The van der Waals surface area contributed by atoms with Gasteiger partial charge in [-0.05, 0) is 18.8 Å². The summed E-state index contributed by atoms with van der Waals surface area (Å²) in [6.07, 6.45) is 3.42. The van der Waals surface area contributed by atoms with Crippen LogP contribution in [0.25, 0.3) is 0 Å². The van der Waals surface area contributed by atoms with Crippen molar-refractivity contribution < 1.29 is 9.90 Å². The van der Waals surface area contributed by atoms with Gasteiger partial charge in [0.2, 0.25) is 11.9 Å². The quantitative estimate of drug-likeness (QED) is 0.818. The Bertz CT molecular complexity index is 418. The second kappa shape index (κ2) is 5.49. The largest absolute Gasteiger partial charge is 0.383 e. The lowest BCUT2D eigenvalue weighted by atomic mass is 9.91. The van der Waals surface area contributed by atoms with Crippen molar-refractivity contribution in [3.05, 3.63) is 17.4 Å².